The van der Waals surface area contributed by atoms with E-state index in [-0.39, 0.29) is 12.0 Å². The van der Waals surface area contributed by atoms with Gasteiger partial charge in [-0.1, -0.05) is 15.9 Å². The predicted molar refractivity (Wildman–Crippen MR) is 69.3 cm³/mol. The number of benzene rings is 1. The van der Waals surface area contributed by atoms with E-state index in [1.165, 1.54) is 0 Å². The van der Waals surface area contributed by atoms with Crippen LogP contribution in [-0.4, -0.2) is 31.5 Å². The molecule has 1 N–H and O–H groups in total. The summed E-state index contributed by atoms with van der Waals surface area (Å²) in [6.07, 6.45) is 1.23. The number of methoxy groups -OCH3 is 1. The van der Waals surface area contributed by atoms with Crippen LogP contribution < -0.4 is 4.74 Å². The zero-order valence-electron chi connectivity index (χ0n) is 9.86. The lowest BCUT2D eigenvalue weighted by Gasteiger charge is -2.17. The van der Waals surface area contributed by atoms with Crippen LogP contribution in [0.4, 0.5) is 0 Å². The average molecular weight is 301 g/mol. The van der Waals surface area contributed by atoms with Crippen molar-refractivity contribution >= 4 is 15.9 Å². The molecule has 0 bridgehead atoms. The molecule has 94 valence electrons. The molecule has 4 heteroatoms. The second-order valence-corrected chi connectivity index (χ2v) is 5.21. The Morgan fingerprint density at radius 3 is 3.06 bits per heavy atom. The molecule has 1 heterocycles. The molecule has 1 aromatic carbocycles. The fraction of sp³-hybridized carbons (Fsp3) is 0.538. The SMILES string of the molecule is COc1ccc(Br)c(CC(O)C2CCOC2)c1. The van der Waals surface area contributed by atoms with Gasteiger partial charge in [-0.3, -0.25) is 0 Å². The number of hydrogen-bond donors (Lipinski definition) is 1. The third-order valence-electron chi connectivity index (χ3n) is 3.19. The van der Waals surface area contributed by atoms with Crippen LogP contribution in [0.1, 0.15) is 12.0 Å². The highest BCUT2D eigenvalue weighted by molar-refractivity contribution is 9.10. The molecule has 1 fully saturated rings. The Balaban J connectivity index is 2.06. The number of hydrogen-bond acceptors (Lipinski definition) is 3. The van der Waals surface area contributed by atoms with Crippen LogP contribution in [0.2, 0.25) is 0 Å². The summed E-state index contributed by atoms with van der Waals surface area (Å²) in [5.41, 5.74) is 1.07. The zero-order valence-corrected chi connectivity index (χ0v) is 11.4. The maximum atomic E-state index is 10.1. The molecule has 0 aromatic heterocycles. The van der Waals surface area contributed by atoms with Crippen LogP contribution in [0.3, 0.4) is 0 Å². The number of ether oxygens (including phenoxy) is 2. The molecule has 0 aliphatic carbocycles. The second kappa shape index (κ2) is 5.85. The maximum Gasteiger partial charge on any atom is 0.119 e. The van der Waals surface area contributed by atoms with Gasteiger partial charge in [0.25, 0.3) is 0 Å². The van der Waals surface area contributed by atoms with Crippen LogP contribution in [0.25, 0.3) is 0 Å². The van der Waals surface area contributed by atoms with E-state index in [1.807, 2.05) is 18.2 Å². The molecule has 3 nitrogen and oxygen atoms in total. The minimum absolute atomic E-state index is 0.258. The minimum atomic E-state index is -0.346. The Labute approximate surface area is 110 Å². The topological polar surface area (TPSA) is 38.7 Å². The van der Waals surface area contributed by atoms with Crippen molar-refractivity contribution in [3.05, 3.63) is 28.2 Å². The van der Waals surface area contributed by atoms with Crippen molar-refractivity contribution in [2.75, 3.05) is 20.3 Å². The summed E-state index contributed by atoms with van der Waals surface area (Å²) in [4.78, 5) is 0. The molecule has 1 aromatic rings. The van der Waals surface area contributed by atoms with Crippen molar-refractivity contribution in [3.63, 3.8) is 0 Å². The van der Waals surface area contributed by atoms with E-state index in [0.29, 0.717) is 13.0 Å². The lowest BCUT2D eigenvalue weighted by molar-refractivity contribution is 0.0917. The third kappa shape index (κ3) is 3.21. The van der Waals surface area contributed by atoms with Crippen molar-refractivity contribution in [1.82, 2.24) is 0 Å². The first kappa shape index (κ1) is 12.9. The van der Waals surface area contributed by atoms with E-state index in [1.54, 1.807) is 7.11 Å². The first-order valence-corrected chi connectivity index (χ1v) is 6.58. The quantitative estimate of drug-likeness (QED) is 0.928. The highest BCUT2D eigenvalue weighted by Crippen LogP contribution is 2.26. The van der Waals surface area contributed by atoms with Gasteiger partial charge < -0.3 is 14.6 Å². The Kier molecular flexibility index (Phi) is 4.42. The fourth-order valence-corrected chi connectivity index (χ4v) is 2.49. The van der Waals surface area contributed by atoms with Gasteiger partial charge in [-0.25, -0.2) is 0 Å². The van der Waals surface area contributed by atoms with E-state index in [2.05, 4.69) is 15.9 Å². The van der Waals surface area contributed by atoms with Crippen molar-refractivity contribution < 1.29 is 14.6 Å². The second-order valence-electron chi connectivity index (χ2n) is 4.35. The van der Waals surface area contributed by atoms with Gasteiger partial charge in [0.2, 0.25) is 0 Å². The Bertz CT molecular complexity index is 375. The van der Waals surface area contributed by atoms with E-state index in [0.717, 1.165) is 28.8 Å². The monoisotopic (exact) mass is 300 g/mol. The normalized spacial score (nSPS) is 21.5. The van der Waals surface area contributed by atoms with Crippen molar-refractivity contribution in [3.8, 4) is 5.75 Å². The molecule has 17 heavy (non-hydrogen) atoms. The molecule has 0 saturated carbocycles. The van der Waals surface area contributed by atoms with Crippen molar-refractivity contribution in [2.24, 2.45) is 5.92 Å². The average Bonchev–Trinajstić information content (AvgIpc) is 2.85. The van der Waals surface area contributed by atoms with E-state index in [4.69, 9.17) is 9.47 Å². The fourth-order valence-electron chi connectivity index (χ4n) is 2.08. The Morgan fingerprint density at radius 2 is 2.41 bits per heavy atom. The van der Waals surface area contributed by atoms with Gasteiger partial charge in [-0.2, -0.15) is 0 Å². The molecule has 2 rings (SSSR count). The van der Waals surface area contributed by atoms with Gasteiger partial charge >= 0.3 is 0 Å². The van der Waals surface area contributed by atoms with Gasteiger partial charge in [-0.15, -0.1) is 0 Å². The number of rotatable bonds is 4. The molecule has 1 aliphatic rings. The maximum absolute atomic E-state index is 10.1. The molecule has 0 amide bonds. The highest BCUT2D eigenvalue weighted by Gasteiger charge is 2.24. The molecule has 0 radical (unpaired) electrons. The van der Waals surface area contributed by atoms with Gasteiger partial charge in [0.15, 0.2) is 0 Å². The largest absolute Gasteiger partial charge is 0.497 e. The van der Waals surface area contributed by atoms with Gasteiger partial charge in [0, 0.05) is 17.0 Å². The number of halogens is 1. The first-order chi connectivity index (χ1) is 8.20. The van der Waals surface area contributed by atoms with Crippen LogP contribution in [0.15, 0.2) is 22.7 Å². The molecule has 1 saturated heterocycles. The summed E-state index contributed by atoms with van der Waals surface area (Å²) in [6, 6.07) is 5.81. The number of aliphatic hydroxyl groups excluding tert-OH is 1. The number of aliphatic hydroxyl groups is 1. The standard InChI is InChI=1S/C13H17BrO3/c1-16-11-2-3-12(14)10(6-11)7-13(15)9-4-5-17-8-9/h2-3,6,9,13,15H,4-5,7-8H2,1H3. The molecular formula is C13H17BrO3. The molecule has 1 aliphatic heterocycles. The van der Waals surface area contributed by atoms with Crippen LogP contribution in [0.5, 0.6) is 5.75 Å². The van der Waals surface area contributed by atoms with Crippen LogP contribution in [-0.2, 0) is 11.2 Å². The van der Waals surface area contributed by atoms with Crippen molar-refractivity contribution in [1.29, 1.82) is 0 Å². The summed E-state index contributed by atoms with van der Waals surface area (Å²) in [5.74, 6) is 1.08. The van der Waals surface area contributed by atoms with E-state index < -0.39 is 0 Å². The minimum Gasteiger partial charge on any atom is -0.497 e. The van der Waals surface area contributed by atoms with Gasteiger partial charge in [-0.05, 0) is 36.6 Å². The molecule has 2 atom stereocenters. The first-order valence-electron chi connectivity index (χ1n) is 5.79. The zero-order chi connectivity index (χ0) is 12.3. The summed E-state index contributed by atoms with van der Waals surface area (Å²) in [6.45, 7) is 1.43. The van der Waals surface area contributed by atoms with Crippen LogP contribution >= 0.6 is 15.9 Å². The molecule has 2 unspecified atom stereocenters. The van der Waals surface area contributed by atoms with Gasteiger partial charge in [0.05, 0.1) is 19.8 Å². The molecule has 0 spiro atoms. The summed E-state index contributed by atoms with van der Waals surface area (Å²) in [7, 11) is 1.65. The highest BCUT2D eigenvalue weighted by atomic mass is 79.9. The summed E-state index contributed by atoms with van der Waals surface area (Å²) >= 11 is 3.50. The summed E-state index contributed by atoms with van der Waals surface area (Å²) in [5, 5.41) is 10.1. The lowest BCUT2D eigenvalue weighted by atomic mass is 9.95. The molecular weight excluding hydrogens is 284 g/mol. The van der Waals surface area contributed by atoms with E-state index in [9.17, 15) is 5.11 Å². The van der Waals surface area contributed by atoms with Gasteiger partial charge in [0.1, 0.15) is 5.75 Å². The van der Waals surface area contributed by atoms with Crippen LogP contribution in [0, 0.1) is 5.92 Å². The Morgan fingerprint density at radius 1 is 1.59 bits per heavy atom. The lowest BCUT2D eigenvalue weighted by Crippen LogP contribution is -2.23. The smallest absolute Gasteiger partial charge is 0.119 e. The van der Waals surface area contributed by atoms with Crippen molar-refractivity contribution in [2.45, 2.75) is 18.9 Å². The van der Waals surface area contributed by atoms with E-state index >= 15 is 0 Å². The summed E-state index contributed by atoms with van der Waals surface area (Å²) < 4.78 is 11.5. The predicted octanol–water partition coefficient (Wildman–Crippen LogP) is 2.40. The third-order valence-corrected chi connectivity index (χ3v) is 3.96. The Hall–Kier alpha value is -0.580.